The van der Waals surface area contributed by atoms with Crippen LogP contribution in [0.25, 0.3) is 0 Å². The first-order valence-corrected chi connectivity index (χ1v) is 9.07. The molecule has 1 saturated heterocycles. The number of pyridine rings is 1. The largest absolute Gasteiger partial charge is 0.469 e. The first-order chi connectivity index (χ1) is 12.8. The van der Waals surface area contributed by atoms with E-state index in [0.29, 0.717) is 12.3 Å². The Hall–Kier alpha value is -2.88. The zero-order valence-electron chi connectivity index (χ0n) is 14.6. The average Bonchev–Trinajstić information content (AvgIpc) is 3.38. The summed E-state index contributed by atoms with van der Waals surface area (Å²) in [5, 5.41) is 0. The summed E-state index contributed by atoms with van der Waals surface area (Å²) in [6, 6.07) is 17.9. The minimum Gasteiger partial charge on any atom is -0.469 e. The maximum atomic E-state index is 13.3. The van der Waals surface area contributed by atoms with Gasteiger partial charge in [0.15, 0.2) is 0 Å². The van der Waals surface area contributed by atoms with Crippen LogP contribution in [-0.2, 0) is 11.2 Å². The van der Waals surface area contributed by atoms with E-state index in [1.165, 1.54) is 0 Å². The van der Waals surface area contributed by atoms with Crippen LogP contribution in [0.2, 0.25) is 0 Å². The van der Waals surface area contributed by atoms with E-state index in [0.717, 1.165) is 36.4 Å². The molecule has 1 fully saturated rings. The van der Waals surface area contributed by atoms with Crippen molar-refractivity contribution in [1.29, 1.82) is 0 Å². The average molecular weight is 346 g/mol. The van der Waals surface area contributed by atoms with Crippen LogP contribution in [0.1, 0.15) is 35.1 Å². The number of aromatic nitrogens is 1. The Bertz CT molecular complexity index is 831. The van der Waals surface area contributed by atoms with Crippen LogP contribution < -0.4 is 0 Å². The Morgan fingerprint density at radius 3 is 2.77 bits per heavy atom. The van der Waals surface area contributed by atoms with Gasteiger partial charge in [-0.25, -0.2) is 0 Å². The molecule has 0 spiro atoms. The smallest absolute Gasteiger partial charge is 0.230 e. The van der Waals surface area contributed by atoms with E-state index in [-0.39, 0.29) is 11.8 Å². The predicted octanol–water partition coefficient (Wildman–Crippen LogP) is 4.02. The molecule has 26 heavy (non-hydrogen) atoms. The van der Waals surface area contributed by atoms with Crippen LogP contribution in [-0.4, -0.2) is 28.9 Å². The Morgan fingerprint density at radius 2 is 2.04 bits per heavy atom. The molecule has 4 nitrogen and oxygen atoms in total. The summed E-state index contributed by atoms with van der Waals surface area (Å²) in [4.78, 5) is 19.5. The molecule has 1 aromatic carbocycles. The highest BCUT2D eigenvalue weighted by molar-refractivity contribution is 5.84. The number of rotatable bonds is 5. The molecule has 4 rings (SSSR count). The summed E-state index contributed by atoms with van der Waals surface area (Å²) >= 11 is 0. The second-order valence-electron chi connectivity index (χ2n) is 6.81. The number of carbonyl (C=O) groups excluding carboxylic acids is 1. The lowest BCUT2D eigenvalue weighted by molar-refractivity contribution is -0.131. The third-order valence-corrected chi connectivity index (χ3v) is 5.11. The first kappa shape index (κ1) is 16.6. The molecular formula is C22H22N2O2. The SMILES string of the molecule is O=C(C(Cc1cccnc1)c1ccccc1)N1CCC(c2ccco2)C1. The van der Waals surface area contributed by atoms with Gasteiger partial charge >= 0.3 is 0 Å². The van der Waals surface area contributed by atoms with Gasteiger partial charge in [-0.15, -0.1) is 0 Å². The predicted molar refractivity (Wildman–Crippen MR) is 99.8 cm³/mol. The fourth-order valence-corrected chi connectivity index (χ4v) is 3.72. The molecule has 2 aromatic heterocycles. The first-order valence-electron chi connectivity index (χ1n) is 9.07. The van der Waals surface area contributed by atoms with E-state index in [4.69, 9.17) is 4.42 Å². The van der Waals surface area contributed by atoms with E-state index in [1.807, 2.05) is 65.7 Å². The van der Waals surface area contributed by atoms with Crippen molar-refractivity contribution in [1.82, 2.24) is 9.88 Å². The van der Waals surface area contributed by atoms with Gasteiger partial charge in [0, 0.05) is 31.4 Å². The quantitative estimate of drug-likeness (QED) is 0.701. The Balaban J connectivity index is 1.54. The van der Waals surface area contributed by atoms with Crippen LogP contribution in [0.15, 0.2) is 77.7 Å². The number of furan rings is 1. The summed E-state index contributed by atoms with van der Waals surface area (Å²) in [6.07, 6.45) is 6.93. The number of carbonyl (C=O) groups is 1. The minimum atomic E-state index is -0.184. The molecule has 1 aliphatic heterocycles. The number of nitrogens with zero attached hydrogens (tertiary/aromatic N) is 2. The molecule has 1 aliphatic rings. The van der Waals surface area contributed by atoms with Gasteiger partial charge in [-0.3, -0.25) is 9.78 Å². The lowest BCUT2D eigenvalue weighted by atomic mass is 9.91. The molecule has 2 unspecified atom stereocenters. The summed E-state index contributed by atoms with van der Waals surface area (Å²) in [5.74, 6) is 1.28. The van der Waals surface area contributed by atoms with Crippen molar-refractivity contribution in [3.05, 3.63) is 90.1 Å². The molecule has 0 N–H and O–H groups in total. The molecule has 0 saturated carbocycles. The molecule has 0 aliphatic carbocycles. The molecule has 2 atom stereocenters. The molecule has 4 heteroatoms. The van der Waals surface area contributed by atoms with Gasteiger partial charge in [-0.1, -0.05) is 36.4 Å². The molecule has 132 valence electrons. The van der Waals surface area contributed by atoms with Crippen molar-refractivity contribution in [2.45, 2.75) is 24.7 Å². The summed E-state index contributed by atoms with van der Waals surface area (Å²) in [6.45, 7) is 1.50. The highest BCUT2D eigenvalue weighted by Gasteiger charge is 2.33. The van der Waals surface area contributed by atoms with Gasteiger partial charge in [0.1, 0.15) is 5.76 Å². The monoisotopic (exact) mass is 346 g/mol. The van der Waals surface area contributed by atoms with Gasteiger partial charge in [-0.05, 0) is 42.2 Å². The third kappa shape index (κ3) is 3.54. The van der Waals surface area contributed by atoms with Crippen LogP contribution in [0, 0.1) is 0 Å². The number of likely N-dealkylation sites (tertiary alicyclic amines) is 1. The lowest BCUT2D eigenvalue weighted by Crippen LogP contribution is -2.34. The van der Waals surface area contributed by atoms with Crippen LogP contribution in [0.5, 0.6) is 0 Å². The third-order valence-electron chi connectivity index (χ3n) is 5.11. The Labute approximate surface area is 153 Å². The van der Waals surface area contributed by atoms with Gasteiger partial charge in [0.25, 0.3) is 0 Å². The highest BCUT2D eigenvalue weighted by Crippen LogP contribution is 2.31. The van der Waals surface area contributed by atoms with Gasteiger partial charge in [-0.2, -0.15) is 0 Å². The van der Waals surface area contributed by atoms with Crippen molar-refractivity contribution >= 4 is 5.91 Å². The summed E-state index contributed by atoms with van der Waals surface area (Å²) in [5.41, 5.74) is 2.14. The van der Waals surface area contributed by atoms with Gasteiger partial charge < -0.3 is 9.32 Å². The fraction of sp³-hybridized carbons (Fsp3) is 0.273. The zero-order chi connectivity index (χ0) is 17.8. The number of hydrogen-bond acceptors (Lipinski definition) is 3. The molecule has 1 amide bonds. The second-order valence-corrected chi connectivity index (χ2v) is 6.81. The molecule has 0 radical (unpaired) electrons. The van der Waals surface area contributed by atoms with E-state index in [2.05, 4.69) is 4.98 Å². The van der Waals surface area contributed by atoms with E-state index in [1.54, 1.807) is 12.5 Å². The lowest BCUT2D eigenvalue weighted by Gasteiger charge is -2.24. The van der Waals surface area contributed by atoms with Crippen molar-refractivity contribution < 1.29 is 9.21 Å². The van der Waals surface area contributed by atoms with Gasteiger partial charge in [0.2, 0.25) is 5.91 Å². The van der Waals surface area contributed by atoms with Crippen molar-refractivity contribution in [3.63, 3.8) is 0 Å². The Morgan fingerprint density at radius 1 is 1.15 bits per heavy atom. The van der Waals surface area contributed by atoms with Crippen molar-refractivity contribution in [2.24, 2.45) is 0 Å². The number of hydrogen-bond donors (Lipinski definition) is 0. The van der Waals surface area contributed by atoms with Crippen LogP contribution >= 0.6 is 0 Å². The molecule has 0 bridgehead atoms. The molecule has 3 aromatic rings. The number of benzene rings is 1. The fourth-order valence-electron chi connectivity index (χ4n) is 3.72. The maximum Gasteiger partial charge on any atom is 0.230 e. The highest BCUT2D eigenvalue weighted by atomic mass is 16.3. The minimum absolute atomic E-state index is 0.184. The second kappa shape index (κ2) is 7.56. The van der Waals surface area contributed by atoms with E-state index >= 15 is 0 Å². The Kier molecular flexibility index (Phi) is 4.82. The van der Waals surface area contributed by atoms with Crippen LogP contribution in [0.4, 0.5) is 0 Å². The van der Waals surface area contributed by atoms with Gasteiger partial charge in [0.05, 0.1) is 12.2 Å². The standard InChI is InChI=1S/C22H22N2O2/c25-22(24-12-10-19(16-24)21-9-5-13-26-21)20(18-7-2-1-3-8-18)14-17-6-4-11-23-15-17/h1-9,11,13,15,19-20H,10,12,14,16H2. The maximum absolute atomic E-state index is 13.3. The normalized spacial score (nSPS) is 18.0. The number of amides is 1. The van der Waals surface area contributed by atoms with Crippen LogP contribution in [0.3, 0.4) is 0 Å². The molecular weight excluding hydrogens is 324 g/mol. The summed E-state index contributed by atoms with van der Waals surface area (Å²) < 4.78 is 5.54. The van der Waals surface area contributed by atoms with Crippen molar-refractivity contribution in [2.75, 3.05) is 13.1 Å². The topological polar surface area (TPSA) is 46.3 Å². The van der Waals surface area contributed by atoms with E-state index in [9.17, 15) is 4.79 Å². The zero-order valence-corrected chi connectivity index (χ0v) is 14.6. The van der Waals surface area contributed by atoms with Crippen molar-refractivity contribution in [3.8, 4) is 0 Å². The molecule has 3 heterocycles. The van der Waals surface area contributed by atoms with E-state index < -0.39 is 0 Å². The summed E-state index contributed by atoms with van der Waals surface area (Å²) in [7, 11) is 0.